The number of nitrogens with one attached hydrogen (secondary N) is 2. The highest BCUT2D eigenvalue weighted by Gasteiger charge is 2.34. The monoisotopic (exact) mass is 1010 g/mol. The maximum Gasteiger partial charge on any atom is 0.0645 e. The van der Waals surface area contributed by atoms with Gasteiger partial charge in [-0.2, -0.15) is 0 Å². The van der Waals surface area contributed by atoms with Gasteiger partial charge in [-0.3, -0.25) is 0 Å². The molecule has 5 nitrogen and oxygen atoms in total. The highest BCUT2D eigenvalue weighted by atomic mass is 16.5. The molecule has 5 aliphatic heterocycles. The van der Waals surface area contributed by atoms with E-state index in [1.165, 1.54) is 116 Å². The molecule has 0 aromatic rings. The Balaban J connectivity index is -0.000000740. The summed E-state index contributed by atoms with van der Waals surface area (Å²) in [6, 6.07) is 0. The van der Waals surface area contributed by atoms with Gasteiger partial charge in [-0.15, -0.1) is 0 Å². The molecule has 5 saturated heterocycles. The van der Waals surface area contributed by atoms with Crippen molar-refractivity contribution in [1.82, 2.24) is 10.6 Å². The first-order valence-electron chi connectivity index (χ1n) is 29.0. The quantitative estimate of drug-likeness (QED) is 0.253. The summed E-state index contributed by atoms with van der Waals surface area (Å²) >= 11 is 0. The molecule has 0 radical (unpaired) electrons. The van der Waals surface area contributed by atoms with Crippen molar-refractivity contribution < 1.29 is 14.2 Å². The van der Waals surface area contributed by atoms with Gasteiger partial charge in [-0.05, 0) is 163 Å². The van der Waals surface area contributed by atoms with E-state index < -0.39 is 0 Å². The van der Waals surface area contributed by atoms with Crippen molar-refractivity contribution in [3.63, 3.8) is 0 Å². The Morgan fingerprint density at radius 3 is 0.690 bits per heavy atom. The molecule has 8 aliphatic rings. The van der Waals surface area contributed by atoms with E-state index in [4.69, 9.17) is 14.2 Å². The predicted octanol–water partition coefficient (Wildman–Crippen LogP) is 19.6. The second kappa shape index (κ2) is 33.2. The predicted molar refractivity (Wildman–Crippen MR) is 322 cm³/mol. The van der Waals surface area contributed by atoms with Crippen LogP contribution in [0.3, 0.4) is 0 Å². The van der Waals surface area contributed by atoms with Gasteiger partial charge in [0, 0.05) is 25.7 Å². The highest BCUT2D eigenvalue weighted by Crippen LogP contribution is 2.42. The summed E-state index contributed by atoms with van der Waals surface area (Å²) in [5.41, 5.74) is 4.10. The summed E-state index contributed by atoms with van der Waals surface area (Å²) in [6.07, 6.45) is 20.6. The fraction of sp³-hybridized carbons (Fsp3) is 1.00. The Morgan fingerprint density at radius 1 is 0.282 bits per heavy atom. The molecule has 3 unspecified atom stereocenters. The van der Waals surface area contributed by atoms with Crippen molar-refractivity contribution in [2.75, 3.05) is 59.2 Å². The Bertz CT molecular complexity index is 1040. The molecular formula is C66H140N2O3. The maximum absolute atomic E-state index is 5.30. The minimum Gasteiger partial charge on any atom is -0.381 e. The minimum atomic E-state index is 0. The second-order valence-corrected chi connectivity index (χ2v) is 31.5. The smallest absolute Gasteiger partial charge is 0.0645 e. The van der Waals surface area contributed by atoms with Crippen LogP contribution < -0.4 is 10.6 Å². The van der Waals surface area contributed by atoms with Gasteiger partial charge in [-0.1, -0.05) is 221 Å². The summed E-state index contributed by atoms with van der Waals surface area (Å²) in [6.45, 7) is 65.2. The number of hydrogen-bond donors (Lipinski definition) is 2. The van der Waals surface area contributed by atoms with Crippen molar-refractivity contribution in [3.8, 4) is 0 Å². The fourth-order valence-electron chi connectivity index (χ4n) is 10.0. The Kier molecular flexibility index (Phi) is 35.1. The van der Waals surface area contributed by atoms with E-state index in [1.807, 2.05) is 0 Å². The SMILES string of the molecule is C.C.C.CC(C)(C)C1CCC1.CC(C)(C)C1CCCC1.CC(C)(C)C1CCCC1.CC(C)(C)C1CCNC1.CC(C)(C)C1CCO1.CC(C)(C)C1CCOC1.CC(C)(C)C1CNC1.CC(C)(C)C1COC1. The number of ether oxygens (including phenoxy) is 3. The van der Waals surface area contributed by atoms with Gasteiger partial charge in [0.25, 0.3) is 0 Å². The molecule has 0 aromatic carbocycles. The van der Waals surface area contributed by atoms with Gasteiger partial charge < -0.3 is 24.8 Å². The fourth-order valence-corrected chi connectivity index (χ4v) is 10.0. The molecule has 0 spiro atoms. The topological polar surface area (TPSA) is 51.8 Å². The summed E-state index contributed by atoms with van der Waals surface area (Å²) in [4.78, 5) is 0. The van der Waals surface area contributed by atoms with Crippen molar-refractivity contribution >= 4 is 0 Å². The van der Waals surface area contributed by atoms with Crippen LogP contribution in [0.5, 0.6) is 0 Å². The molecule has 2 N–H and O–H groups in total. The normalized spacial score (nSPS) is 24.3. The minimum absolute atomic E-state index is 0. The summed E-state index contributed by atoms with van der Waals surface area (Å²) in [5, 5.41) is 6.65. The number of hydrogen-bond acceptors (Lipinski definition) is 5. The molecule has 0 bridgehead atoms. The standard InChI is InChI=1S/2C9H18.C8H17N.C8H16O.C8H16.C7H15N.2C7H14O.3CH4/c2*1-9(2,3)8-6-4-5-7-8;2*1-8(2,3)7-4-5-9-6-7;1-8(2,3)7-5-4-6-7;2*1-7(2,3)6-4-8-5-6;1-7(2,3)6-4-5-8-6;;;/h2*8H,4-7H2,1-3H3;7,9H,4-6H2,1-3H3;7H,4-6H2,1-3H3;7H,4-6H2,1-3H3;6,8H,4-5H2,1-3H3;2*6H,4-5H2,1-3H3;3*1H4. The molecule has 71 heavy (non-hydrogen) atoms. The molecule has 3 atom stereocenters. The van der Waals surface area contributed by atoms with Crippen LogP contribution in [0.15, 0.2) is 0 Å². The molecule has 0 amide bonds. The van der Waals surface area contributed by atoms with E-state index in [9.17, 15) is 0 Å². The van der Waals surface area contributed by atoms with Crippen molar-refractivity contribution in [2.45, 2.75) is 284 Å². The highest BCUT2D eigenvalue weighted by molar-refractivity contribution is 4.85. The van der Waals surface area contributed by atoms with E-state index >= 15 is 0 Å². The van der Waals surface area contributed by atoms with E-state index in [-0.39, 0.29) is 22.3 Å². The molecule has 5 heterocycles. The average Bonchev–Trinajstić information content (AvgIpc) is 3.89. The molecule has 8 fully saturated rings. The first-order valence-corrected chi connectivity index (χ1v) is 29.0. The van der Waals surface area contributed by atoms with Crippen LogP contribution >= 0.6 is 0 Å². The van der Waals surface area contributed by atoms with Crippen LogP contribution in [0.2, 0.25) is 0 Å². The van der Waals surface area contributed by atoms with Gasteiger partial charge in [-0.25, -0.2) is 0 Å². The second-order valence-electron chi connectivity index (χ2n) is 31.5. The molecule has 432 valence electrons. The molecule has 3 aliphatic carbocycles. The maximum atomic E-state index is 5.30. The zero-order valence-electron chi connectivity index (χ0n) is 51.1. The Labute approximate surface area is 451 Å². The molecule has 3 saturated carbocycles. The van der Waals surface area contributed by atoms with E-state index in [1.54, 1.807) is 0 Å². The molecule has 0 aromatic heterocycles. The van der Waals surface area contributed by atoms with Crippen LogP contribution in [0.4, 0.5) is 0 Å². The zero-order valence-corrected chi connectivity index (χ0v) is 51.1. The van der Waals surface area contributed by atoms with Gasteiger partial charge in [0.05, 0.1) is 19.3 Å². The van der Waals surface area contributed by atoms with Crippen LogP contribution in [0, 0.1) is 84.7 Å². The largest absolute Gasteiger partial charge is 0.381 e. The zero-order chi connectivity index (χ0) is 52.4. The molecule has 8 rings (SSSR count). The Hall–Kier alpha value is -0.200. The lowest BCUT2D eigenvalue weighted by atomic mass is 9.69. The lowest BCUT2D eigenvalue weighted by Crippen LogP contribution is -2.48. The average molecular weight is 1010 g/mol. The summed E-state index contributed by atoms with van der Waals surface area (Å²) in [5.74, 6) is 6.47. The van der Waals surface area contributed by atoms with Gasteiger partial charge in [0.2, 0.25) is 0 Å². The molecular weight excluding hydrogens is 869 g/mol. The third-order valence-corrected chi connectivity index (χ3v) is 17.5. The van der Waals surface area contributed by atoms with Gasteiger partial charge in [0.15, 0.2) is 0 Å². The van der Waals surface area contributed by atoms with Gasteiger partial charge in [0.1, 0.15) is 0 Å². The lowest BCUT2D eigenvalue weighted by molar-refractivity contribution is -0.109. The van der Waals surface area contributed by atoms with Crippen LogP contribution in [0.1, 0.15) is 278 Å². The van der Waals surface area contributed by atoms with Gasteiger partial charge >= 0.3 is 0 Å². The lowest BCUT2D eigenvalue weighted by Gasteiger charge is -2.38. The summed E-state index contributed by atoms with van der Waals surface area (Å²) in [7, 11) is 0. The molecule has 5 heteroatoms. The number of rotatable bonds is 0. The first-order chi connectivity index (χ1) is 30.8. The van der Waals surface area contributed by atoms with E-state index in [2.05, 4.69) is 177 Å². The third kappa shape index (κ3) is 32.2. The first kappa shape index (κ1) is 75.0. The van der Waals surface area contributed by atoms with Crippen molar-refractivity contribution in [1.29, 1.82) is 0 Å². The van der Waals surface area contributed by atoms with Crippen LogP contribution in [-0.2, 0) is 14.2 Å². The van der Waals surface area contributed by atoms with E-state index in [0.29, 0.717) is 49.4 Å². The summed E-state index contributed by atoms with van der Waals surface area (Å²) < 4.78 is 15.6. The van der Waals surface area contributed by atoms with Crippen LogP contribution in [-0.4, -0.2) is 65.3 Å². The Morgan fingerprint density at radius 2 is 0.606 bits per heavy atom. The third-order valence-electron chi connectivity index (χ3n) is 17.5. The van der Waals surface area contributed by atoms with E-state index in [0.717, 1.165) is 74.5 Å². The van der Waals surface area contributed by atoms with Crippen LogP contribution in [0.25, 0.3) is 0 Å². The van der Waals surface area contributed by atoms with Crippen molar-refractivity contribution in [3.05, 3.63) is 0 Å². The van der Waals surface area contributed by atoms with Crippen molar-refractivity contribution in [2.24, 2.45) is 84.7 Å².